The van der Waals surface area contributed by atoms with E-state index in [-0.39, 0.29) is 25.2 Å². The lowest BCUT2D eigenvalue weighted by atomic mass is 10.0. The molecule has 0 fully saturated rings. The third-order valence-electron chi connectivity index (χ3n) is 13.4. The van der Waals surface area contributed by atoms with E-state index in [0.717, 1.165) is 154 Å². The van der Waals surface area contributed by atoms with Gasteiger partial charge in [0.2, 0.25) is 0 Å². The Morgan fingerprint density at radius 1 is 0.280 bits per heavy atom. The molecule has 0 heterocycles. The highest BCUT2D eigenvalue weighted by molar-refractivity contribution is 5.70. The fourth-order valence-electron chi connectivity index (χ4n) is 8.53. The van der Waals surface area contributed by atoms with Gasteiger partial charge in [-0.25, -0.2) is 0 Å². The predicted molar refractivity (Wildman–Crippen MR) is 361 cm³/mol. The van der Waals surface area contributed by atoms with Crippen molar-refractivity contribution in [1.29, 1.82) is 0 Å². The van der Waals surface area contributed by atoms with Crippen LogP contribution in [0.4, 0.5) is 0 Å². The van der Waals surface area contributed by atoms with Crippen LogP contribution in [-0.4, -0.2) is 36.4 Å². The van der Waals surface area contributed by atoms with Gasteiger partial charge in [-0.3, -0.25) is 9.59 Å². The first kappa shape index (κ1) is 76.7. The van der Waals surface area contributed by atoms with Crippen LogP contribution in [0.15, 0.2) is 194 Å². The number of aliphatic hydroxyl groups is 1. The molecule has 0 aliphatic carbocycles. The maximum Gasteiger partial charge on any atom is 0.306 e. The number of carbonyl (C=O) groups is 2. The molecule has 1 unspecified atom stereocenters. The maximum atomic E-state index is 12.3. The fourth-order valence-corrected chi connectivity index (χ4v) is 8.53. The zero-order valence-electron chi connectivity index (χ0n) is 52.4. The topological polar surface area (TPSA) is 72.8 Å². The van der Waals surface area contributed by atoms with Gasteiger partial charge < -0.3 is 14.6 Å². The molecule has 5 nitrogen and oxygen atoms in total. The molecule has 0 saturated carbocycles. The van der Waals surface area contributed by atoms with E-state index in [1.165, 1.54) is 77.0 Å². The summed E-state index contributed by atoms with van der Waals surface area (Å²) in [5.41, 5.74) is 0. The number of ether oxygens (including phenoxy) is 2. The summed E-state index contributed by atoms with van der Waals surface area (Å²) in [6.45, 7) is 3.89. The van der Waals surface area contributed by atoms with E-state index in [1.807, 2.05) is 0 Å². The van der Waals surface area contributed by atoms with E-state index in [2.05, 4.69) is 208 Å². The Balaban J connectivity index is 3.62. The van der Waals surface area contributed by atoms with Crippen LogP contribution in [0, 0.1) is 0 Å². The quantitative estimate of drug-likeness (QED) is 0.0373. The van der Waals surface area contributed by atoms with E-state index < -0.39 is 6.10 Å². The largest absolute Gasteiger partial charge is 0.462 e. The van der Waals surface area contributed by atoms with Crippen molar-refractivity contribution in [2.45, 2.75) is 264 Å². The van der Waals surface area contributed by atoms with Crippen LogP contribution >= 0.6 is 0 Å². The lowest BCUT2D eigenvalue weighted by Crippen LogP contribution is -2.28. The minimum Gasteiger partial charge on any atom is -0.462 e. The molecular formula is C77H120O5. The van der Waals surface area contributed by atoms with Gasteiger partial charge in [0.25, 0.3) is 0 Å². The van der Waals surface area contributed by atoms with Crippen molar-refractivity contribution < 1.29 is 24.2 Å². The summed E-state index contributed by atoms with van der Waals surface area (Å²) in [6, 6.07) is 0. The first-order valence-electron chi connectivity index (χ1n) is 33.0. The molecule has 0 aliphatic rings. The summed E-state index contributed by atoms with van der Waals surface area (Å²) >= 11 is 0. The molecule has 0 aliphatic heterocycles. The zero-order chi connectivity index (χ0) is 59.1. The van der Waals surface area contributed by atoms with Gasteiger partial charge in [0.15, 0.2) is 6.10 Å². The number of hydrogen-bond donors (Lipinski definition) is 1. The van der Waals surface area contributed by atoms with Crippen molar-refractivity contribution in [1.82, 2.24) is 0 Å². The molecule has 1 N–H and O–H groups in total. The minimum atomic E-state index is -0.802. The van der Waals surface area contributed by atoms with Gasteiger partial charge in [0.1, 0.15) is 6.61 Å². The second-order valence-corrected chi connectivity index (χ2v) is 21.1. The van der Waals surface area contributed by atoms with E-state index in [1.54, 1.807) is 0 Å². The molecule has 0 aromatic carbocycles. The second-order valence-electron chi connectivity index (χ2n) is 21.1. The number of carbonyl (C=O) groups excluding carboxylic acids is 2. The number of allylic oxidation sites excluding steroid dienone is 32. The highest BCUT2D eigenvalue weighted by Gasteiger charge is 2.16. The van der Waals surface area contributed by atoms with Crippen molar-refractivity contribution in [2.24, 2.45) is 0 Å². The molecule has 0 spiro atoms. The molecule has 0 rings (SSSR count). The average molecular weight is 1130 g/mol. The lowest BCUT2D eigenvalue weighted by molar-refractivity contribution is -0.161. The Labute approximate surface area is 505 Å². The highest BCUT2D eigenvalue weighted by atomic mass is 16.6. The minimum absolute atomic E-state index is 0.0885. The van der Waals surface area contributed by atoms with E-state index in [0.29, 0.717) is 12.8 Å². The van der Waals surface area contributed by atoms with Crippen molar-refractivity contribution in [3.8, 4) is 0 Å². The van der Waals surface area contributed by atoms with Crippen LogP contribution in [0.3, 0.4) is 0 Å². The molecule has 0 saturated heterocycles. The SMILES string of the molecule is CC/C=C\C/C=C\C/C=C\C/C=C\C/C=C\C/C=C\C/C=C\C/C=C\C/C=C\C/C=C\CCCCCCC(=O)OC(CO)COC(=O)CCCCCCCCCCCCCCCC/C=C\C/C=C\C/C=C\C/C=C\C/C=C\C/C=C\CC. The van der Waals surface area contributed by atoms with Crippen molar-refractivity contribution in [2.75, 3.05) is 13.2 Å². The zero-order valence-corrected chi connectivity index (χ0v) is 52.4. The van der Waals surface area contributed by atoms with Gasteiger partial charge in [-0.2, -0.15) is 0 Å². The molecular weight excluding hydrogens is 1000 g/mol. The molecule has 0 amide bonds. The second kappa shape index (κ2) is 70.0. The van der Waals surface area contributed by atoms with Gasteiger partial charge >= 0.3 is 11.9 Å². The summed E-state index contributed by atoms with van der Waals surface area (Å²) in [5, 5.41) is 9.69. The Morgan fingerprint density at radius 3 is 0.732 bits per heavy atom. The Kier molecular flexibility index (Phi) is 65.5. The summed E-state index contributed by atoms with van der Waals surface area (Å²) in [5.74, 6) is -0.631. The molecule has 458 valence electrons. The number of rotatable bonds is 58. The molecule has 1 atom stereocenters. The van der Waals surface area contributed by atoms with Crippen molar-refractivity contribution in [3.05, 3.63) is 194 Å². The Morgan fingerprint density at radius 2 is 0.488 bits per heavy atom. The molecule has 82 heavy (non-hydrogen) atoms. The first-order chi connectivity index (χ1) is 40.6. The summed E-state index contributed by atoms with van der Waals surface area (Å²) in [6.07, 6.45) is 111. The lowest BCUT2D eigenvalue weighted by Gasteiger charge is -2.15. The monoisotopic (exact) mass is 1120 g/mol. The van der Waals surface area contributed by atoms with Gasteiger partial charge in [0.05, 0.1) is 6.61 Å². The molecule has 0 radical (unpaired) electrons. The maximum absolute atomic E-state index is 12.3. The van der Waals surface area contributed by atoms with Gasteiger partial charge in [0, 0.05) is 12.8 Å². The molecule has 0 aromatic rings. The van der Waals surface area contributed by atoms with Crippen LogP contribution in [0.2, 0.25) is 0 Å². The third kappa shape index (κ3) is 67.2. The summed E-state index contributed by atoms with van der Waals surface area (Å²) in [7, 11) is 0. The predicted octanol–water partition coefficient (Wildman–Crippen LogP) is 23.2. The third-order valence-corrected chi connectivity index (χ3v) is 13.4. The standard InChI is InChI=1S/C77H120O5/c1-3-5-7-9-11-13-15-17-19-21-23-25-27-29-31-33-35-37-38-40-42-44-46-48-50-52-54-56-58-60-62-64-66-68-70-72-77(80)82-75(73-78)74-81-76(79)71-69-67-65-63-61-59-57-55-53-51-49-47-45-43-41-39-36-34-32-30-28-26-24-22-20-18-16-14-12-10-8-6-4-2/h5-8,11-14,17-20,23-26,29-32,35-37,39-40,42,46,48,52,54,58,60,75,78H,3-4,9-10,15-16,21-22,27-28,33-34,38,41,43-45,47,49-51,53,55-57,59,61-74H2,1-2H3/b7-5-,8-6-,13-11-,14-12-,19-17-,20-18-,25-23-,26-24-,31-29-,32-30-,37-35-,39-36-,42-40-,48-46-,54-52-,60-58-. The number of hydrogen-bond acceptors (Lipinski definition) is 5. The fraction of sp³-hybridized carbons (Fsp3) is 0.558. The van der Waals surface area contributed by atoms with Gasteiger partial charge in [-0.05, 0) is 141 Å². The number of unbranched alkanes of at least 4 members (excludes halogenated alkanes) is 18. The Bertz CT molecular complexity index is 1900. The Hall–Kier alpha value is -5.26. The van der Waals surface area contributed by atoms with Crippen molar-refractivity contribution in [3.63, 3.8) is 0 Å². The van der Waals surface area contributed by atoms with Gasteiger partial charge in [-0.15, -0.1) is 0 Å². The van der Waals surface area contributed by atoms with E-state index in [9.17, 15) is 14.7 Å². The molecule has 0 bridgehead atoms. The smallest absolute Gasteiger partial charge is 0.306 e. The van der Waals surface area contributed by atoms with Crippen LogP contribution in [0.1, 0.15) is 258 Å². The van der Waals surface area contributed by atoms with Crippen LogP contribution in [0.5, 0.6) is 0 Å². The first-order valence-corrected chi connectivity index (χ1v) is 33.0. The van der Waals surface area contributed by atoms with Crippen LogP contribution < -0.4 is 0 Å². The van der Waals surface area contributed by atoms with E-state index in [4.69, 9.17) is 9.47 Å². The van der Waals surface area contributed by atoms with Crippen LogP contribution in [0.25, 0.3) is 0 Å². The number of esters is 2. The van der Waals surface area contributed by atoms with E-state index >= 15 is 0 Å². The molecule has 5 heteroatoms. The number of aliphatic hydroxyl groups excluding tert-OH is 1. The van der Waals surface area contributed by atoms with Crippen molar-refractivity contribution >= 4 is 11.9 Å². The van der Waals surface area contributed by atoms with Gasteiger partial charge in [-0.1, -0.05) is 298 Å². The van der Waals surface area contributed by atoms with Crippen LogP contribution in [-0.2, 0) is 19.1 Å². The highest BCUT2D eigenvalue weighted by Crippen LogP contribution is 2.15. The summed E-state index contributed by atoms with van der Waals surface area (Å²) < 4.78 is 10.7. The molecule has 0 aromatic heterocycles. The average Bonchev–Trinajstić information content (AvgIpc) is 3.49. The normalized spacial score (nSPS) is 13.5. The summed E-state index contributed by atoms with van der Waals surface area (Å²) in [4.78, 5) is 24.6.